The van der Waals surface area contributed by atoms with Gasteiger partial charge >= 0.3 is 0 Å². The van der Waals surface area contributed by atoms with E-state index in [1.54, 1.807) is 0 Å². The fraction of sp³-hybridized carbons (Fsp3) is 0.400. The molecule has 2 heteroatoms. The highest BCUT2D eigenvalue weighted by molar-refractivity contribution is 5.44. The Kier molecular flexibility index (Phi) is 7.37. The van der Waals surface area contributed by atoms with Crippen LogP contribution >= 0.6 is 0 Å². The van der Waals surface area contributed by atoms with Crippen LogP contribution in [0.5, 0.6) is 5.75 Å². The van der Waals surface area contributed by atoms with Gasteiger partial charge in [-0.3, -0.25) is 0 Å². The summed E-state index contributed by atoms with van der Waals surface area (Å²) in [4.78, 5) is 0. The van der Waals surface area contributed by atoms with E-state index in [2.05, 4.69) is 36.5 Å². The molecule has 0 saturated carbocycles. The first-order chi connectivity index (χ1) is 10.9. The van der Waals surface area contributed by atoms with Gasteiger partial charge in [0.05, 0.1) is 6.61 Å². The second kappa shape index (κ2) is 9.88. The number of rotatable bonds is 10. The molecule has 2 aromatic rings. The maximum Gasteiger partial charge on any atom is 0.119 e. The van der Waals surface area contributed by atoms with Gasteiger partial charge in [-0.25, -0.2) is 0 Å². The molecule has 0 radical (unpaired) electrons. The number of nitrogens with one attached hydrogen (secondary N) is 1. The van der Waals surface area contributed by atoms with Crippen LogP contribution in [0.1, 0.15) is 38.2 Å². The van der Waals surface area contributed by atoms with Gasteiger partial charge in [0.25, 0.3) is 0 Å². The first-order valence-corrected chi connectivity index (χ1v) is 8.39. The molecule has 0 aliphatic heterocycles. The van der Waals surface area contributed by atoms with Gasteiger partial charge in [0.2, 0.25) is 0 Å². The summed E-state index contributed by atoms with van der Waals surface area (Å²) in [6, 6.07) is 18.8. The fourth-order valence-electron chi connectivity index (χ4n) is 2.34. The van der Waals surface area contributed by atoms with E-state index in [0.717, 1.165) is 31.7 Å². The van der Waals surface area contributed by atoms with Crippen molar-refractivity contribution in [3.05, 3.63) is 60.2 Å². The first kappa shape index (κ1) is 16.4. The SMILES string of the molecule is CCCCc1ccc(NCCCCOc2ccccc2)cc1. The van der Waals surface area contributed by atoms with E-state index in [0.29, 0.717) is 0 Å². The molecule has 0 aliphatic carbocycles. The molecule has 0 amide bonds. The lowest BCUT2D eigenvalue weighted by Crippen LogP contribution is -2.04. The number of unbranched alkanes of at least 4 members (excludes halogenated alkanes) is 2. The second-order valence-electron chi connectivity index (χ2n) is 5.60. The average molecular weight is 297 g/mol. The Morgan fingerprint density at radius 1 is 0.864 bits per heavy atom. The molecular formula is C20H27NO. The van der Waals surface area contributed by atoms with E-state index in [-0.39, 0.29) is 0 Å². The quantitative estimate of drug-likeness (QED) is 0.601. The van der Waals surface area contributed by atoms with Gasteiger partial charge in [0, 0.05) is 12.2 Å². The van der Waals surface area contributed by atoms with Gasteiger partial charge in [-0.1, -0.05) is 43.7 Å². The number of hydrogen-bond donors (Lipinski definition) is 1. The van der Waals surface area contributed by atoms with Crippen LogP contribution in [0, 0.1) is 0 Å². The molecule has 118 valence electrons. The lowest BCUT2D eigenvalue weighted by atomic mass is 10.1. The monoisotopic (exact) mass is 297 g/mol. The summed E-state index contributed by atoms with van der Waals surface area (Å²) in [5, 5.41) is 3.47. The smallest absolute Gasteiger partial charge is 0.119 e. The molecule has 2 rings (SSSR count). The Morgan fingerprint density at radius 3 is 2.36 bits per heavy atom. The highest BCUT2D eigenvalue weighted by Crippen LogP contribution is 2.12. The van der Waals surface area contributed by atoms with Crippen LogP contribution in [0.25, 0.3) is 0 Å². The summed E-state index contributed by atoms with van der Waals surface area (Å²) in [7, 11) is 0. The van der Waals surface area contributed by atoms with E-state index in [1.165, 1.54) is 30.5 Å². The van der Waals surface area contributed by atoms with Crippen molar-refractivity contribution in [1.82, 2.24) is 0 Å². The summed E-state index contributed by atoms with van der Waals surface area (Å²) in [5.41, 5.74) is 2.65. The zero-order chi connectivity index (χ0) is 15.5. The molecule has 0 bridgehead atoms. The zero-order valence-corrected chi connectivity index (χ0v) is 13.6. The highest BCUT2D eigenvalue weighted by atomic mass is 16.5. The van der Waals surface area contributed by atoms with Gasteiger partial charge < -0.3 is 10.1 Å². The summed E-state index contributed by atoms with van der Waals surface area (Å²) < 4.78 is 5.68. The molecule has 0 aliphatic rings. The standard InChI is InChI=1S/C20H27NO/c1-2-3-9-18-12-14-19(15-13-18)21-16-7-8-17-22-20-10-5-4-6-11-20/h4-6,10-15,21H,2-3,7-9,16-17H2,1H3. The maximum absolute atomic E-state index is 5.68. The normalized spacial score (nSPS) is 10.4. The molecule has 0 heterocycles. The predicted molar refractivity (Wildman–Crippen MR) is 94.7 cm³/mol. The Bertz CT molecular complexity index is 507. The first-order valence-electron chi connectivity index (χ1n) is 8.39. The van der Waals surface area contributed by atoms with E-state index in [1.807, 2.05) is 30.3 Å². The molecule has 0 saturated heterocycles. The Morgan fingerprint density at radius 2 is 1.64 bits per heavy atom. The number of aryl methyl sites for hydroxylation is 1. The molecule has 2 aromatic carbocycles. The highest BCUT2D eigenvalue weighted by Gasteiger charge is 1.96. The fourth-order valence-corrected chi connectivity index (χ4v) is 2.34. The third-order valence-electron chi connectivity index (χ3n) is 3.69. The minimum atomic E-state index is 0.779. The number of ether oxygens (including phenoxy) is 1. The van der Waals surface area contributed by atoms with Gasteiger partial charge in [-0.2, -0.15) is 0 Å². The number of benzene rings is 2. The van der Waals surface area contributed by atoms with Crippen LogP contribution in [-0.4, -0.2) is 13.2 Å². The second-order valence-corrected chi connectivity index (χ2v) is 5.60. The van der Waals surface area contributed by atoms with Crippen LogP contribution in [0.4, 0.5) is 5.69 Å². The minimum absolute atomic E-state index is 0.779. The van der Waals surface area contributed by atoms with Gasteiger partial charge in [-0.15, -0.1) is 0 Å². The van der Waals surface area contributed by atoms with Crippen molar-refractivity contribution >= 4 is 5.69 Å². The largest absolute Gasteiger partial charge is 0.494 e. The third kappa shape index (κ3) is 6.21. The molecule has 0 unspecified atom stereocenters. The molecular weight excluding hydrogens is 270 g/mol. The molecule has 0 aromatic heterocycles. The van der Waals surface area contributed by atoms with Gasteiger partial charge in [0.15, 0.2) is 0 Å². The molecule has 2 nitrogen and oxygen atoms in total. The van der Waals surface area contributed by atoms with Crippen LogP contribution in [0.15, 0.2) is 54.6 Å². The Balaban J connectivity index is 1.56. The predicted octanol–water partition coefficient (Wildman–Crippen LogP) is 5.30. The lowest BCUT2D eigenvalue weighted by molar-refractivity contribution is 0.308. The third-order valence-corrected chi connectivity index (χ3v) is 3.69. The van der Waals surface area contributed by atoms with Crippen LogP contribution in [0.3, 0.4) is 0 Å². The minimum Gasteiger partial charge on any atom is -0.494 e. The van der Waals surface area contributed by atoms with Crippen molar-refractivity contribution in [2.45, 2.75) is 39.0 Å². The summed E-state index contributed by atoms with van der Waals surface area (Å²) >= 11 is 0. The van der Waals surface area contributed by atoms with Crippen LogP contribution in [-0.2, 0) is 6.42 Å². The average Bonchev–Trinajstić information content (AvgIpc) is 2.58. The van der Waals surface area contributed by atoms with Crippen molar-refractivity contribution in [2.24, 2.45) is 0 Å². The van der Waals surface area contributed by atoms with Crippen molar-refractivity contribution in [2.75, 3.05) is 18.5 Å². The molecule has 1 N–H and O–H groups in total. The van der Waals surface area contributed by atoms with Crippen LogP contribution < -0.4 is 10.1 Å². The zero-order valence-electron chi connectivity index (χ0n) is 13.6. The topological polar surface area (TPSA) is 21.3 Å². The van der Waals surface area contributed by atoms with Crippen molar-refractivity contribution in [3.8, 4) is 5.75 Å². The number of hydrogen-bond acceptors (Lipinski definition) is 2. The van der Waals surface area contributed by atoms with E-state index < -0.39 is 0 Å². The van der Waals surface area contributed by atoms with Crippen molar-refractivity contribution < 1.29 is 4.74 Å². The summed E-state index contributed by atoms with van der Waals surface area (Å²) in [6.45, 7) is 4.01. The number of anilines is 1. The van der Waals surface area contributed by atoms with Crippen LogP contribution in [0.2, 0.25) is 0 Å². The Labute approximate surface area is 134 Å². The summed E-state index contributed by atoms with van der Waals surface area (Å²) in [5.74, 6) is 0.957. The van der Waals surface area contributed by atoms with E-state index in [4.69, 9.17) is 4.74 Å². The van der Waals surface area contributed by atoms with Gasteiger partial charge in [0.1, 0.15) is 5.75 Å². The van der Waals surface area contributed by atoms with E-state index >= 15 is 0 Å². The van der Waals surface area contributed by atoms with Gasteiger partial charge in [-0.05, 0) is 55.5 Å². The molecule has 0 spiro atoms. The van der Waals surface area contributed by atoms with E-state index in [9.17, 15) is 0 Å². The summed E-state index contributed by atoms with van der Waals surface area (Å²) in [6.07, 6.45) is 5.90. The Hall–Kier alpha value is -1.96. The molecule has 0 fully saturated rings. The number of para-hydroxylation sites is 1. The maximum atomic E-state index is 5.68. The van der Waals surface area contributed by atoms with Crippen molar-refractivity contribution in [1.29, 1.82) is 0 Å². The lowest BCUT2D eigenvalue weighted by Gasteiger charge is -2.08. The molecule has 0 atom stereocenters. The molecule has 22 heavy (non-hydrogen) atoms. The van der Waals surface area contributed by atoms with Crippen molar-refractivity contribution in [3.63, 3.8) is 0 Å².